The van der Waals surface area contributed by atoms with Gasteiger partial charge in [-0.3, -0.25) is 0 Å². The lowest BCUT2D eigenvalue weighted by molar-refractivity contribution is 1.05. The predicted octanol–water partition coefficient (Wildman–Crippen LogP) is 2.91. The number of hydrogen-bond donors (Lipinski definition) is 0. The van der Waals surface area contributed by atoms with Crippen LogP contribution < -0.4 is 0 Å². The Morgan fingerprint density at radius 1 is 0.789 bits per heavy atom. The van der Waals surface area contributed by atoms with Crippen LogP contribution in [-0.2, 0) is 0 Å². The molecule has 0 spiro atoms. The summed E-state index contributed by atoms with van der Waals surface area (Å²) in [5, 5.41) is 0. The second kappa shape index (κ2) is 4.94. The summed E-state index contributed by atoms with van der Waals surface area (Å²) in [6.07, 6.45) is 5.32. The zero-order chi connectivity index (χ0) is 13.1. The van der Waals surface area contributed by atoms with Crippen LogP contribution in [0.3, 0.4) is 0 Å². The zero-order valence-corrected chi connectivity index (χ0v) is 10.5. The fourth-order valence-electron chi connectivity index (χ4n) is 1.81. The standard InChI is InChI=1S/C15H12N4/c1-11-16-8-7-14(19-11)13-9-17-15(18-10-13)12-5-3-2-4-6-12/h2-10H,1H3. The number of benzene rings is 1. The van der Waals surface area contributed by atoms with Gasteiger partial charge < -0.3 is 0 Å². The maximum Gasteiger partial charge on any atom is 0.159 e. The fourth-order valence-corrected chi connectivity index (χ4v) is 1.81. The maximum atomic E-state index is 4.38. The van der Waals surface area contributed by atoms with E-state index in [2.05, 4.69) is 19.9 Å². The van der Waals surface area contributed by atoms with E-state index in [1.165, 1.54) is 0 Å². The molecule has 0 bridgehead atoms. The smallest absolute Gasteiger partial charge is 0.159 e. The van der Waals surface area contributed by atoms with Crippen molar-refractivity contribution in [1.82, 2.24) is 19.9 Å². The lowest BCUT2D eigenvalue weighted by Crippen LogP contribution is -1.93. The van der Waals surface area contributed by atoms with E-state index in [0.717, 1.165) is 28.5 Å². The molecule has 19 heavy (non-hydrogen) atoms. The lowest BCUT2D eigenvalue weighted by Gasteiger charge is -2.03. The normalized spacial score (nSPS) is 10.4. The number of nitrogens with zero attached hydrogens (tertiary/aromatic N) is 4. The molecule has 92 valence electrons. The third-order valence-corrected chi connectivity index (χ3v) is 2.76. The molecule has 0 N–H and O–H groups in total. The van der Waals surface area contributed by atoms with E-state index in [9.17, 15) is 0 Å². The Bertz CT molecular complexity index is 678. The lowest BCUT2D eigenvalue weighted by atomic mass is 10.2. The van der Waals surface area contributed by atoms with Crippen LogP contribution in [-0.4, -0.2) is 19.9 Å². The highest BCUT2D eigenvalue weighted by molar-refractivity contribution is 5.60. The Morgan fingerprint density at radius 2 is 1.53 bits per heavy atom. The van der Waals surface area contributed by atoms with Gasteiger partial charge in [0, 0.05) is 29.7 Å². The SMILES string of the molecule is Cc1nccc(-c2cnc(-c3ccccc3)nc2)n1. The molecule has 0 saturated heterocycles. The van der Waals surface area contributed by atoms with Crippen LogP contribution >= 0.6 is 0 Å². The minimum absolute atomic E-state index is 0.718. The number of aromatic nitrogens is 4. The summed E-state index contributed by atoms with van der Waals surface area (Å²) < 4.78 is 0. The molecule has 2 aromatic heterocycles. The zero-order valence-electron chi connectivity index (χ0n) is 10.5. The molecular weight excluding hydrogens is 236 g/mol. The molecule has 0 unspecified atom stereocenters. The summed E-state index contributed by atoms with van der Waals surface area (Å²) in [7, 11) is 0. The summed E-state index contributed by atoms with van der Waals surface area (Å²) in [6.45, 7) is 1.86. The third-order valence-electron chi connectivity index (χ3n) is 2.76. The van der Waals surface area contributed by atoms with Crippen LogP contribution in [0.4, 0.5) is 0 Å². The fraction of sp³-hybridized carbons (Fsp3) is 0.0667. The van der Waals surface area contributed by atoms with Gasteiger partial charge in [-0.25, -0.2) is 19.9 Å². The van der Waals surface area contributed by atoms with Gasteiger partial charge in [-0.1, -0.05) is 30.3 Å². The first-order chi connectivity index (χ1) is 9.33. The molecule has 0 aliphatic carbocycles. The largest absolute Gasteiger partial charge is 0.242 e. The summed E-state index contributed by atoms with van der Waals surface area (Å²) >= 11 is 0. The van der Waals surface area contributed by atoms with Crippen molar-refractivity contribution in [3.05, 3.63) is 60.8 Å². The molecule has 1 aromatic carbocycles. The van der Waals surface area contributed by atoms with E-state index in [4.69, 9.17) is 0 Å². The van der Waals surface area contributed by atoms with E-state index in [1.807, 2.05) is 43.3 Å². The topological polar surface area (TPSA) is 51.6 Å². The van der Waals surface area contributed by atoms with Crippen molar-refractivity contribution in [2.24, 2.45) is 0 Å². The first kappa shape index (κ1) is 11.5. The Morgan fingerprint density at radius 3 is 2.21 bits per heavy atom. The molecule has 0 saturated carbocycles. The second-order valence-corrected chi connectivity index (χ2v) is 4.15. The van der Waals surface area contributed by atoms with Gasteiger partial charge in [0.2, 0.25) is 0 Å². The van der Waals surface area contributed by atoms with Crippen LogP contribution in [0.25, 0.3) is 22.6 Å². The van der Waals surface area contributed by atoms with E-state index in [-0.39, 0.29) is 0 Å². The van der Waals surface area contributed by atoms with Gasteiger partial charge in [0.05, 0.1) is 5.69 Å². The average Bonchev–Trinajstić information content (AvgIpc) is 2.48. The molecule has 0 aliphatic heterocycles. The molecule has 0 amide bonds. The highest BCUT2D eigenvalue weighted by Crippen LogP contribution is 2.18. The molecule has 3 aromatic rings. The summed E-state index contributed by atoms with van der Waals surface area (Å²) in [5.74, 6) is 1.46. The van der Waals surface area contributed by atoms with Crippen molar-refractivity contribution in [1.29, 1.82) is 0 Å². The van der Waals surface area contributed by atoms with E-state index in [0.29, 0.717) is 0 Å². The maximum absolute atomic E-state index is 4.38. The number of aryl methyl sites for hydroxylation is 1. The summed E-state index contributed by atoms with van der Waals surface area (Å²) in [6, 6.07) is 11.8. The Hall–Kier alpha value is -2.62. The second-order valence-electron chi connectivity index (χ2n) is 4.15. The van der Waals surface area contributed by atoms with Gasteiger partial charge in [-0.15, -0.1) is 0 Å². The first-order valence-electron chi connectivity index (χ1n) is 6.00. The van der Waals surface area contributed by atoms with Gasteiger partial charge in [-0.2, -0.15) is 0 Å². The van der Waals surface area contributed by atoms with Crippen LogP contribution in [0.15, 0.2) is 55.0 Å². The van der Waals surface area contributed by atoms with Crippen LogP contribution in [0, 0.1) is 6.92 Å². The minimum Gasteiger partial charge on any atom is -0.242 e. The van der Waals surface area contributed by atoms with Crippen LogP contribution in [0.1, 0.15) is 5.82 Å². The highest BCUT2D eigenvalue weighted by atomic mass is 14.9. The molecule has 0 atom stereocenters. The van der Waals surface area contributed by atoms with Crippen molar-refractivity contribution < 1.29 is 0 Å². The van der Waals surface area contributed by atoms with Gasteiger partial charge in [0.15, 0.2) is 5.82 Å². The first-order valence-corrected chi connectivity index (χ1v) is 6.00. The van der Waals surface area contributed by atoms with E-state index >= 15 is 0 Å². The Balaban J connectivity index is 1.95. The van der Waals surface area contributed by atoms with Gasteiger partial charge in [0.25, 0.3) is 0 Å². The molecule has 3 rings (SSSR count). The highest BCUT2D eigenvalue weighted by Gasteiger charge is 2.03. The van der Waals surface area contributed by atoms with E-state index < -0.39 is 0 Å². The molecule has 4 nitrogen and oxygen atoms in total. The van der Waals surface area contributed by atoms with Crippen LogP contribution in [0.2, 0.25) is 0 Å². The van der Waals surface area contributed by atoms with Gasteiger partial charge in [0.1, 0.15) is 5.82 Å². The van der Waals surface area contributed by atoms with Crippen molar-refractivity contribution in [3.63, 3.8) is 0 Å². The Labute approximate surface area is 111 Å². The monoisotopic (exact) mass is 248 g/mol. The number of rotatable bonds is 2. The van der Waals surface area contributed by atoms with Gasteiger partial charge >= 0.3 is 0 Å². The predicted molar refractivity (Wildman–Crippen MR) is 73.2 cm³/mol. The third kappa shape index (κ3) is 2.47. The molecule has 0 fully saturated rings. The quantitative estimate of drug-likeness (QED) is 0.699. The van der Waals surface area contributed by atoms with Crippen molar-refractivity contribution in [2.75, 3.05) is 0 Å². The van der Waals surface area contributed by atoms with E-state index in [1.54, 1.807) is 18.6 Å². The minimum atomic E-state index is 0.718. The number of hydrogen-bond acceptors (Lipinski definition) is 4. The van der Waals surface area contributed by atoms with Crippen molar-refractivity contribution in [2.45, 2.75) is 6.92 Å². The average molecular weight is 248 g/mol. The van der Waals surface area contributed by atoms with Crippen molar-refractivity contribution in [3.8, 4) is 22.6 Å². The molecule has 0 aliphatic rings. The van der Waals surface area contributed by atoms with Gasteiger partial charge in [-0.05, 0) is 13.0 Å². The van der Waals surface area contributed by atoms with Crippen molar-refractivity contribution >= 4 is 0 Å². The summed E-state index contributed by atoms with van der Waals surface area (Å²) in [4.78, 5) is 17.2. The molecule has 0 radical (unpaired) electrons. The molecule has 4 heteroatoms. The van der Waals surface area contributed by atoms with Crippen LogP contribution in [0.5, 0.6) is 0 Å². The molecule has 2 heterocycles. The summed E-state index contributed by atoms with van der Waals surface area (Å²) in [5.41, 5.74) is 2.74. The molecular formula is C15H12N4. The Kier molecular flexibility index (Phi) is 2.98.